The molecule has 7 nitrogen and oxygen atoms in total. The van der Waals surface area contributed by atoms with Gasteiger partial charge in [-0.05, 0) is 40.5 Å². The second-order valence-corrected chi connectivity index (χ2v) is 6.94. The van der Waals surface area contributed by atoms with Gasteiger partial charge in [0.2, 0.25) is 0 Å². The van der Waals surface area contributed by atoms with Crippen LogP contribution < -0.4 is 10.6 Å². The van der Waals surface area contributed by atoms with Gasteiger partial charge in [0.1, 0.15) is 9.88 Å². The Hall–Kier alpha value is -1.67. The molecule has 1 aliphatic rings. The van der Waals surface area contributed by atoms with E-state index in [1.165, 1.54) is 11.3 Å². The smallest absolute Gasteiger partial charge is 0.350 e. The SMILES string of the molecule is CCNC(=NCC1CCCO1)NC(C)c1nc(C)c(C(=O)OCC)s1. The normalized spacial score (nSPS) is 18.9. The first-order valence-corrected chi connectivity index (χ1v) is 9.67. The molecule has 0 aliphatic carbocycles. The summed E-state index contributed by atoms with van der Waals surface area (Å²) < 4.78 is 10.7. The van der Waals surface area contributed by atoms with Crippen molar-refractivity contribution in [2.45, 2.75) is 52.7 Å². The summed E-state index contributed by atoms with van der Waals surface area (Å²) in [5, 5.41) is 7.43. The lowest BCUT2D eigenvalue weighted by molar-refractivity contribution is 0.0531. The number of rotatable bonds is 7. The minimum atomic E-state index is -0.310. The average Bonchev–Trinajstić information content (AvgIpc) is 3.22. The van der Waals surface area contributed by atoms with Gasteiger partial charge in [-0.3, -0.25) is 4.99 Å². The first-order chi connectivity index (χ1) is 12.0. The molecule has 25 heavy (non-hydrogen) atoms. The second kappa shape index (κ2) is 9.72. The molecule has 8 heteroatoms. The van der Waals surface area contributed by atoms with Gasteiger partial charge in [0, 0.05) is 13.2 Å². The summed E-state index contributed by atoms with van der Waals surface area (Å²) in [5.74, 6) is 0.422. The number of aromatic nitrogens is 1. The van der Waals surface area contributed by atoms with Gasteiger partial charge in [0.05, 0.1) is 31.0 Å². The molecular weight excluding hydrogens is 340 g/mol. The number of guanidine groups is 1. The van der Waals surface area contributed by atoms with Crippen LogP contribution in [0.2, 0.25) is 0 Å². The molecule has 2 atom stereocenters. The Balaban J connectivity index is 2.02. The van der Waals surface area contributed by atoms with E-state index in [2.05, 4.69) is 20.6 Å². The standard InChI is InChI=1S/C17H28N4O3S/c1-5-18-17(19-10-13-8-7-9-24-13)21-12(4)15-20-11(3)14(25-15)16(22)23-6-2/h12-13H,5-10H2,1-4H3,(H2,18,19,21). The lowest BCUT2D eigenvalue weighted by Crippen LogP contribution is -2.39. The number of aryl methyl sites for hydroxylation is 1. The predicted octanol–water partition coefficient (Wildman–Crippen LogP) is 2.42. The van der Waals surface area contributed by atoms with Gasteiger partial charge in [0.15, 0.2) is 5.96 Å². The van der Waals surface area contributed by atoms with Crippen LogP contribution >= 0.6 is 11.3 Å². The number of hydrogen-bond acceptors (Lipinski definition) is 6. The van der Waals surface area contributed by atoms with Gasteiger partial charge in [-0.25, -0.2) is 9.78 Å². The highest BCUT2D eigenvalue weighted by Gasteiger charge is 2.20. The first-order valence-electron chi connectivity index (χ1n) is 8.86. The fraction of sp³-hybridized carbons (Fsp3) is 0.706. The largest absolute Gasteiger partial charge is 0.462 e. The number of aliphatic imine (C=N–C) groups is 1. The molecule has 1 saturated heterocycles. The summed E-state index contributed by atoms with van der Waals surface area (Å²) in [7, 11) is 0. The molecular formula is C17H28N4O3S. The highest BCUT2D eigenvalue weighted by Crippen LogP contribution is 2.24. The number of thiazole rings is 1. The van der Waals surface area contributed by atoms with Gasteiger partial charge in [-0.2, -0.15) is 0 Å². The molecule has 2 unspecified atom stereocenters. The fourth-order valence-electron chi connectivity index (χ4n) is 2.56. The molecule has 1 aliphatic heterocycles. The van der Waals surface area contributed by atoms with Crippen LogP contribution in [0.25, 0.3) is 0 Å². The van der Waals surface area contributed by atoms with Gasteiger partial charge < -0.3 is 20.1 Å². The minimum Gasteiger partial charge on any atom is -0.462 e. The maximum absolute atomic E-state index is 12.0. The van der Waals surface area contributed by atoms with Crippen molar-refractivity contribution in [3.05, 3.63) is 15.6 Å². The minimum absolute atomic E-state index is 0.0610. The summed E-state index contributed by atoms with van der Waals surface area (Å²) in [4.78, 5) is 21.6. The Morgan fingerprint density at radius 1 is 1.52 bits per heavy atom. The monoisotopic (exact) mass is 368 g/mol. The maximum atomic E-state index is 12.0. The van der Waals surface area contributed by atoms with Crippen LogP contribution in [0.5, 0.6) is 0 Å². The highest BCUT2D eigenvalue weighted by atomic mass is 32.1. The summed E-state index contributed by atoms with van der Waals surface area (Å²) in [5.41, 5.74) is 0.702. The number of nitrogens with one attached hydrogen (secondary N) is 2. The van der Waals surface area contributed by atoms with E-state index < -0.39 is 0 Å². The third kappa shape index (κ3) is 5.67. The number of carbonyl (C=O) groups is 1. The van der Waals surface area contributed by atoms with E-state index in [-0.39, 0.29) is 18.1 Å². The van der Waals surface area contributed by atoms with Crippen molar-refractivity contribution in [3.63, 3.8) is 0 Å². The van der Waals surface area contributed by atoms with E-state index in [1.54, 1.807) is 6.92 Å². The zero-order chi connectivity index (χ0) is 18.2. The molecule has 0 aromatic carbocycles. The number of nitrogens with zero attached hydrogens (tertiary/aromatic N) is 2. The van der Waals surface area contributed by atoms with Gasteiger partial charge >= 0.3 is 5.97 Å². The summed E-state index contributed by atoms with van der Waals surface area (Å²) >= 11 is 1.36. The summed E-state index contributed by atoms with van der Waals surface area (Å²) in [6.45, 7) is 10.3. The average molecular weight is 369 g/mol. The molecule has 0 spiro atoms. The van der Waals surface area contributed by atoms with E-state index in [4.69, 9.17) is 9.47 Å². The van der Waals surface area contributed by atoms with Crippen molar-refractivity contribution in [2.75, 3.05) is 26.3 Å². The third-order valence-electron chi connectivity index (χ3n) is 3.82. The van der Waals surface area contributed by atoms with Crippen LogP contribution in [0.3, 0.4) is 0 Å². The Labute approximate surface area is 153 Å². The zero-order valence-corrected chi connectivity index (χ0v) is 16.2. The van der Waals surface area contributed by atoms with Crippen molar-refractivity contribution in [1.82, 2.24) is 15.6 Å². The van der Waals surface area contributed by atoms with Gasteiger partial charge in [-0.15, -0.1) is 11.3 Å². The molecule has 2 heterocycles. The fourth-order valence-corrected chi connectivity index (χ4v) is 3.52. The molecule has 0 radical (unpaired) electrons. The van der Waals surface area contributed by atoms with Crippen molar-refractivity contribution < 1.29 is 14.3 Å². The summed E-state index contributed by atoms with van der Waals surface area (Å²) in [6.07, 6.45) is 2.38. The Bertz CT molecular complexity index is 597. The highest BCUT2D eigenvalue weighted by molar-refractivity contribution is 7.13. The van der Waals surface area contributed by atoms with Crippen molar-refractivity contribution in [1.29, 1.82) is 0 Å². The number of ether oxygens (including phenoxy) is 2. The van der Waals surface area contributed by atoms with E-state index in [1.807, 2.05) is 20.8 Å². The first kappa shape index (κ1) is 19.7. The summed E-state index contributed by atoms with van der Waals surface area (Å²) in [6, 6.07) is -0.0610. The van der Waals surface area contributed by atoms with E-state index >= 15 is 0 Å². The van der Waals surface area contributed by atoms with Crippen LogP contribution in [0.4, 0.5) is 0 Å². The Kier molecular flexibility index (Phi) is 7.64. The van der Waals surface area contributed by atoms with Gasteiger partial charge in [0.25, 0.3) is 0 Å². The predicted molar refractivity (Wildman–Crippen MR) is 99.3 cm³/mol. The molecule has 1 aromatic rings. The molecule has 0 amide bonds. The molecule has 0 saturated carbocycles. The van der Waals surface area contributed by atoms with Crippen molar-refractivity contribution in [3.8, 4) is 0 Å². The van der Waals surface area contributed by atoms with Crippen LogP contribution in [-0.2, 0) is 9.47 Å². The van der Waals surface area contributed by atoms with Crippen molar-refractivity contribution >= 4 is 23.3 Å². The number of hydrogen-bond donors (Lipinski definition) is 2. The Morgan fingerprint density at radius 3 is 2.96 bits per heavy atom. The van der Waals surface area contributed by atoms with Crippen LogP contribution in [0, 0.1) is 6.92 Å². The molecule has 1 aromatic heterocycles. The molecule has 2 rings (SSSR count). The van der Waals surface area contributed by atoms with Crippen LogP contribution in [-0.4, -0.2) is 49.3 Å². The quantitative estimate of drug-likeness (QED) is 0.437. The van der Waals surface area contributed by atoms with Gasteiger partial charge in [-0.1, -0.05) is 0 Å². The lowest BCUT2D eigenvalue weighted by atomic mass is 10.2. The topological polar surface area (TPSA) is 84.8 Å². The second-order valence-electron chi connectivity index (χ2n) is 5.91. The molecule has 2 N–H and O–H groups in total. The number of carbonyl (C=O) groups excluding carboxylic acids is 1. The molecule has 1 fully saturated rings. The van der Waals surface area contributed by atoms with Crippen LogP contribution in [0.15, 0.2) is 4.99 Å². The van der Waals surface area contributed by atoms with E-state index in [0.29, 0.717) is 23.7 Å². The maximum Gasteiger partial charge on any atom is 0.350 e. The van der Waals surface area contributed by atoms with E-state index in [9.17, 15) is 4.79 Å². The van der Waals surface area contributed by atoms with Crippen molar-refractivity contribution in [2.24, 2.45) is 4.99 Å². The van der Waals surface area contributed by atoms with Crippen LogP contribution in [0.1, 0.15) is 60.0 Å². The van der Waals surface area contributed by atoms with E-state index in [0.717, 1.165) is 37.0 Å². The number of esters is 1. The zero-order valence-electron chi connectivity index (χ0n) is 15.4. The molecule has 140 valence electrons. The lowest BCUT2D eigenvalue weighted by Gasteiger charge is -2.16. The molecule has 0 bridgehead atoms. The third-order valence-corrected chi connectivity index (χ3v) is 5.14. The Morgan fingerprint density at radius 2 is 2.32 bits per heavy atom.